The lowest BCUT2D eigenvalue weighted by Crippen LogP contribution is -2.26. The largest absolute Gasteiger partial charge is 0.497 e. The first-order chi connectivity index (χ1) is 10.4. The lowest BCUT2D eigenvalue weighted by atomic mass is 10.1. The molecular weight excluding hydrogens is 373 g/mol. The number of nitrogens with one attached hydrogen (secondary N) is 1. The maximum absolute atomic E-state index is 13.0. The van der Waals surface area contributed by atoms with E-state index in [1.54, 1.807) is 7.11 Å². The molecule has 118 valence electrons. The van der Waals surface area contributed by atoms with Gasteiger partial charge in [-0.3, -0.25) is 0 Å². The summed E-state index contributed by atoms with van der Waals surface area (Å²) in [5.41, 5.74) is 0.988. The highest BCUT2D eigenvalue weighted by molar-refractivity contribution is 9.10. The van der Waals surface area contributed by atoms with Crippen molar-refractivity contribution < 1.29 is 17.5 Å². The molecule has 0 aliphatic carbocycles. The number of hydrogen-bond donors (Lipinski definition) is 1. The summed E-state index contributed by atoms with van der Waals surface area (Å²) in [5, 5.41) is 0. The van der Waals surface area contributed by atoms with Crippen molar-refractivity contribution in [2.75, 3.05) is 13.7 Å². The van der Waals surface area contributed by atoms with Gasteiger partial charge in [-0.2, -0.15) is 0 Å². The Hall–Kier alpha value is -1.44. The zero-order chi connectivity index (χ0) is 16.2. The molecule has 0 aliphatic rings. The fourth-order valence-corrected chi connectivity index (χ4v) is 3.97. The lowest BCUT2D eigenvalue weighted by molar-refractivity contribution is 0.414. The Labute approximate surface area is 137 Å². The van der Waals surface area contributed by atoms with E-state index in [0.717, 1.165) is 23.4 Å². The molecule has 1 N–H and O–H groups in total. The number of rotatable bonds is 6. The molecule has 0 bridgehead atoms. The van der Waals surface area contributed by atoms with E-state index < -0.39 is 15.8 Å². The predicted octanol–water partition coefficient (Wildman–Crippen LogP) is 3.12. The minimum atomic E-state index is -3.68. The van der Waals surface area contributed by atoms with Crippen LogP contribution >= 0.6 is 15.9 Å². The summed E-state index contributed by atoms with van der Waals surface area (Å²) in [7, 11) is -2.09. The molecule has 0 saturated heterocycles. The van der Waals surface area contributed by atoms with Crippen LogP contribution in [0, 0.1) is 5.82 Å². The van der Waals surface area contributed by atoms with Gasteiger partial charge in [0.15, 0.2) is 0 Å². The summed E-state index contributed by atoms with van der Waals surface area (Å²) < 4.78 is 45.1. The molecule has 7 heteroatoms. The van der Waals surface area contributed by atoms with Crippen LogP contribution in [0.4, 0.5) is 4.39 Å². The number of benzene rings is 2. The summed E-state index contributed by atoms with van der Waals surface area (Å²) in [4.78, 5) is 0.0173. The zero-order valence-electron chi connectivity index (χ0n) is 11.8. The molecule has 0 aliphatic heterocycles. The summed E-state index contributed by atoms with van der Waals surface area (Å²) in [5.74, 6) is 0.253. The fourth-order valence-electron chi connectivity index (χ4n) is 1.89. The number of methoxy groups -OCH3 is 1. The van der Waals surface area contributed by atoms with E-state index in [9.17, 15) is 12.8 Å². The van der Waals surface area contributed by atoms with Gasteiger partial charge in [-0.25, -0.2) is 17.5 Å². The first-order valence-electron chi connectivity index (χ1n) is 6.50. The van der Waals surface area contributed by atoms with E-state index in [1.165, 1.54) is 6.07 Å². The van der Waals surface area contributed by atoms with Crippen LogP contribution in [0.25, 0.3) is 0 Å². The first-order valence-corrected chi connectivity index (χ1v) is 8.77. The molecule has 0 amide bonds. The Bertz CT molecular complexity index is 748. The monoisotopic (exact) mass is 387 g/mol. The topological polar surface area (TPSA) is 55.4 Å². The molecular formula is C15H15BrFNO3S. The SMILES string of the molecule is COc1ccc(CCNS(=O)(=O)c2ccc(F)cc2Br)cc1. The van der Waals surface area contributed by atoms with Gasteiger partial charge in [0, 0.05) is 11.0 Å². The Kier molecular flexibility index (Phi) is 5.55. The Morgan fingerprint density at radius 2 is 1.86 bits per heavy atom. The normalized spacial score (nSPS) is 11.4. The van der Waals surface area contributed by atoms with E-state index in [1.807, 2.05) is 24.3 Å². The molecule has 2 rings (SSSR count). The fraction of sp³-hybridized carbons (Fsp3) is 0.200. The molecule has 2 aromatic carbocycles. The van der Waals surface area contributed by atoms with Crippen molar-refractivity contribution in [2.24, 2.45) is 0 Å². The molecule has 22 heavy (non-hydrogen) atoms. The number of ether oxygens (including phenoxy) is 1. The molecule has 0 atom stereocenters. The summed E-state index contributed by atoms with van der Waals surface area (Å²) in [6.07, 6.45) is 0.544. The highest BCUT2D eigenvalue weighted by Gasteiger charge is 2.17. The van der Waals surface area contributed by atoms with Gasteiger partial charge in [0.25, 0.3) is 0 Å². The minimum absolute atomic E-state index is 0.0173. The number of halogens is 2. The zero-order valence-corrected chi connectivity index (χ0v) is 14.2. The van der Waals surface area contributed by atoms with Gasteiger partial charge in [0.2, 0.25) is 10.0 Å². The smallest absolute Gasteiger partial charge is 0.241 e. The molecule has 0 saturated carbocycles. The van der Waals surface area contributed by atoms with Crippen LogP contribution in [-0.4, -0.2) is 22.1 Å². The van der Waals surface area contributed by atoms with Gasteiger partial charge in [-0.15, -0.1) is 0 Å². The maximum atomic E-state index is 13.0. The van der Waals surface area contributed by atoms with Crippen LogP contribution in [0.2, 0.25) is 0 Å². The van der Waals surface area contributed by atoms with Crippen LogP contribution in [0.5, 0.6) is 5.75 Å². The molecule has 0 aromatic heterocycles. The van der Waals surface area contributed by atoms with Gasteiger partial charge in [-0.05, 0) is 58.2 Å². The third-order valence-corrected chi connectivity index (χ3v) is 5.49. The van der Waals surface area contributed by atoms with Crippen LogP contribution in [0.3, 0.4) is 0 Å². The Morgan fingerprint density at radius 3 is 2.45 bits per heavy atom. The quantitative estimate of drug-likeness (QED) is 0.828. The average Bonchev–Trinajstić information content (AvgIpc) is 2.47. The molecule has 0 fully saturated rings. The van der Waals surface area contributed by atoms with Crippen LogP contribution < -0.4 is 9.46 Å². The maximum Gasteiger partial charge on any atom is 0.241 e. The van der Waals surface area contributed by atoms with Crippen molar-refractivity contribution in [3.05, 3.63) is 58.3 Å². The minimum Gasteiger partial charge on any atom is -0.497 e. The highest BCUT2D eigenvalue weighted by Crippen LogP contribution is 2.22. The second-order valence-electron chi connectivity index (χ2n) is 4.57. The van der Waals surface area contributed by atoms with Crippen molar-refractivity contribution in [3.8, 4) is 5.75 Å². The van der Waals surface area contributed by atoms with E-state index in [4.69, 9.17) is 4.74 Å². The second kappa shape index (κ2) is 7.21. The van der Waals surface area contributed by atoms with Crippen LogP contribution in [-0.2, 0) is 16.4 Å². The van der Waals surface area contributed by atoms with Gasteiger partial charge in [-0.1, -0.05) is 12.1 Å². The molecule has 0 radical (unpaired) electrons. The number of sulfonamides is 1. The van der Waals surface area contributed by atoms with E-state index in [2.05, 4.69) is 20.7 Å². The number of hydrogen-bond acceptors (Lipinski definition) is 3. The Morgan fingerprint density at radius 1 is 1.18 bits per heavy atom. The van der Waals surface area contributed by atoms with Crippen molar-refractivity contribution >= 4 is 26.0 Å². The standard InChI is InChI=1S/C15H15BrFNO3S/c1-21-13-5-2-11(3-6-13)8-9-18-22(19,20)15-7-4-12(17)10-14(15)16/h2-7,10,18H,8-9H2,1H3. The third-order valence-electron chi connectivity index (χ3n) is 3.05. The van der Waals surface area contributed by atoms with Crippen molar-refractivity contribution in [2.45, 2.75) is 11.3 Å². The second-order valence-corrected chi connectivity index (χ2v) is 7.16. The summed E-state index contributed by atoms with van der Waals surface area (Å²) in [6.45, 7) is 0.248. The lowest BCUT2D eigenvalue weighted by Gasteiger charge is -2.09. The summed E-state index contributed by atoms with van der Waals surface area (Å²) >= 11 is 3.06. The van der Waals surface area contributed by atoms with Gasteiger partial charge in [0.1, 0.15) is 11.6 Å². The molecule has 0 unspecified atom stereocenters. The van der Waals surface area contributed by atoms with E-state index in [0.29, 0.717) is 6.42 Å². The molecule has 0 heterocycles. The van der Waals surface area contributed by atoms with Gasteiger partial charge >= 0.3 is 0 Å². The van der Waals surface area contributed by atoms with Crippen molar-refractivity contribution in [1.29, 1.82) is 0 Å². The first kappa shape index (κ1) is 16.9. The van der Waals surface area contributed by atoms with E-state index in [-0.39, 0.29) is 15.9 Å². The average molecular weight is 388 g/mol. The Balaban J connectivity index is 2.00. The highest BCUT2D eigenvalue weighted by atomic mass is 79.9. The van der Waals surface area contributed by atoms with Gasteiger partial charge < -0.3 is 4.74 Å². The molecule has 0 spiro atoms. The third kappa shape index (κ3) is 4.28. The van der Waals surface area contributed by atoms with E-state index >= 15 is 0 Å². The van der Waals surface area contributed by atoms with Crippen molar-refractivity contribution in [3.63, 3.8) is 0 Å². The summed E-state index contributed by atoms with van der Waals surface area (Å²) in [6, 6.07) is 10.9. The van der Waals surface area contributed by atoms with Crippen LogP contribution in [0.15, 0.2) is 51.8 Å². The molecule has 2 aromatic rings. The molecule has 4 nitrogen and oxygen atoms in total. The predicted molar refractivity (Wildman–Crippen MR) is 86.0 cm³/mol. The van der Waals surface area contributed by atoms with Gasteiger partial charge in [0.05, 0.1) is 12.0 Å². The van der Waals surface area contributed by atoms with Crippen molar-refractivity contribution in [1.82, 2.24) is 4.72 Å². The van der Waals surface area contributed by atoms with Crippen LogP contribution in [0.1, 0.15) is 5.56 Å².